The van der Waals surface area contributed by atoms with Crippen LogP contribution in [0.4, 0.5) is 16.4 Å². The van der Waals surface area contributed by atoms with Crippen molar-refractivity contribution in [2.24, 2.45) is 17.3 Å². The molecule has 1 aliphatic carbocycles. The molecule has 1 spiro atoms. The van der Waals surface area contributed by atoms with Gasteiger partial charge in [-0.3, -0.25) is 4.79 Å². The number of carbonyl (C=O) groups excluding carboxylic acids is 2. The molecule has 12 nitrogen and oxygen atoms in total. The third-order valence-corrected chi connectivity index (χ3v) is 13.2. The number of fused-ring (bicyclic) bond motifs is 1. The monoisotopic (exact) mass is 763 g/mol. The number of pyridine rings is 1. The predicted octanol–water partition coefficient (Wildman–Crippen LogP) is 7.25. The summed E-state index contributed by atoms with van der Waals surface area (Å²) in [6.45, 7) is 19.4. The van der Waals surface area contributed by atoms with Crippen LogP contribution in [0.15, 0.2) is 30.5 Å². The molecule has 1 saturated carbocycles. The first-order chi connectivity index (χ1) is 26.8. The molecule has 7 rings (SSSR count). The summed E-state index contributed by atoms with van der Waals surface area (Å²) in [4.78, 5) is 40.0. The molecule has 3 saturated heterocycles. The molecule has 1 N–H and O–H groups in total. The smallest absolute Gasteiger partial charge is 0.410 e. The second-order valence-electron chi connectivity index (χ2n) is 18.0. The lowest BCUT2D eigenvalue weighted by molar-refractivity contribution is -0.137. The van der Waals surface area contributed by atoms with Crippen molar-refractivity contribution in [1.82, 2.24) is 29.9 Å². The number of rotatable bonds is 7. The number of ether oxygens (including phenoxy) is 1. The summed E-state index contributed by atoms with van der Waals surface area (Å²) in [5, 5.41) is 24.0. The van der Waals surface area contributed by atoms with E-state index in [4.69, 9.17) is 9.72 Å². The Morgan fingerprint density at radius 3 is 2.29 bits per heavy atom. The molecule has 0 bridgehead atoms. The van der Waals surface area contributed by atoms with Gasteiger partial charge in [-0.25, -0.2) is 9.78 Å². The highest BCUT2D eigenvalue weighted by molar-refractivity contribution is 5.94. The number of nitriles is 1. The predicted molar refractivity (Wildman–Crippen MR) is 219 cm³/mol. The van der Waals surface area contributed by atoms with Gasteiger partial charge in [0.1, 0.15) is 11.4 Å². The standard InChI is InChI=1S/C44H61N9O3/c1-30-35(27-45)8-7-9-36(30)31(2)47-40-37-26-39(46-28-38(37)32(3)48-49-40)51-22-24-52(25-23-51)41(54)34-12-18-50(19-13-34)29-33-10-14-44(15-11-33)16-20-53(21-17-44)42(55)56-43(4,5)6/h7-9,26,28,31,33-34H,10-25,29H2,1-6H3,(H,47,49)/t31-/m1/s1. The first-order valence-corrected chi connectivity index (χ1v) is 20.9. The molecule has 3 aromatic rings. The third kappa shape index (κ3) is 8.88. The molecule has 2 aromatic heterocycles. The maximum Gasteiger partial charge on any atom is 0.410 e. The highest BCUT2D eigenvalue weighted by Gasteiger charge is 2.40. The Morgan fingerprint density at radius 1 is 0.929 bits per heavy atom. The summed E-state index contributed by atoms with van der Waals surface area (Å²) in [6, 6.07) is 10.1. The Kier molecular flexibility index (Phi) is 11.7. The van der Waals surface area contributed by atoms with Crippen LogP contribution in [0.5, 0.6) is 0 Å². The summed E-state index contributed by atoms with van der Waals surface area (Å²) in [5.41, 5.74) is 3.45. The van der Waals surface area contributed by atoms with Crippen LogP contribution >= 0.6 is 0 Å². The van der Waals surface area contributed by atoms with E-state index in [0.29, 0.717) is 35.8 Å². The minimum Gasteiger partial charge on any atom is -0.444 e. The summed E-state index contributed by atoms with van der Waals surface area (Å²) in [6.07, 6.45) is 10.8. The van der Waals surface area contributed by atoms with Gasteiger partial charge in [-0.2, -0.15) is 10.4 Å². The number of benzene rings is 1. The number of aryl methyl sites for hydroxylation is 1. The second-order valence-corrected chi connectivity index (χ2v) is 18.0. The highest BCUT2D eigenvalue weighted by atomic mass is 16.6. The fraction of sp³-hybridized carbons (Fsp3) is 0.636. The van der Waals surface area contributed by atoms with Crippen molar-refractivity contribution < 1.29 is 14.3 Å². The van der Waals surface area contributed by atoms with Crippen LogP contribution in [-0.2, 0) is 9.53 Å². The summed E-state index contributed by atoms with van der Waals surface area (Å²) >= 11 is 0. The van der Waals surface area contributed by atoms with Gasteiger partial charge in [0, 0.05) is 68.7 Å². The van der Waals surface area contributed by atoms with Crippen LogP contribution in [0.2, 0.25) is 0 Å². The lowest BCUT2D eigenvalue weighted by atomic mass is 9.65. The van der Waals surface area contributed by atoms with Gasteiger partial charge in [-0.1, -0.05) is 12.1 Å². The minimum atomic E-state index is -0.450. The fourth-order valence-corrected chi connectivity index (χ4v) is 9.57. The number of nitrogens with one attached hydrogen (secondary N) is 1. The van der Waals surface area contributed by atoms with Crippen LogP contribution in [0.25, 0.3) is 10.8 Å². The van der Waals surface area contributed by atoms with Crippen LogP contribution in [0.1, 0.15) is 107 Å². The number of nitrogens with zero attached hydrogens (tertiary/aromatic N) is 8. The van der Waals surface area contributed by atoms with Gasteiger partial charge in [0.05, 0.1) is 23.4 Å². The van der Waals surface area contributed by atoms with E-state index < -0.39 is 5.60 Å². The first kappa shape index (κ1) is 39.7. The van der Waals surface area contributed by atoms with E-state index in [0.717, 1.165) is 111 Å². The van der Waals surface area contributed by atoms with E-state index in [1.807, 2.05) is 63.9 Å². The molecule has 4 aliphatic rings. The van der Waals surface area contributed by atoms with Gasteiger partial charge >= 0.3 is 6.09 Å². The van der Waals surface area contributed by atoms with E-state index in [-0.39, 0.29) is 18.1 Å². The molecular weight excluding hydrogens is 703 g/mol. The molecular formula is C44H61N9O3. The number of carbonyl (C=O) groups is 2. The molecule has 0 radical (unpaired) electrons. The summed E-state index contributed by atoms with van der Waals surface area (Å²) < 4.78 is 5.62. The summed E-state index contributed by atoms with van der Waals surface area (Å²) in [5.74, 6) is 2.72. The molecule has 300 valence electrons. The normalized spacial score (nSPS) is 20.6. The van der Waals surface area contributed by atoms with Gasteiger partial charge in [-0.05, 0) is 141 Å². The number of anilines is 2. The zero-order valence-corrected chi connectivity index (χ0v) is 34.4. The maximum atomic E-state index is 13.7. The van der Waals surface area contributed by atoms with Gasteiger partial charge in [0.2, 0.25) is 5.91 Å². The van der Waals surface area contributed by atoms with Gasteiger partial charge in [0.25, 0.3) is 0 Å². The number of aromatic nitrogens is 3. The van der Waals surface area contributed by atoms with E-state index >= 15 is 0 Å². The maximum absolute atomic E-state index is 13.7. The Bertz CT molecular complexity index is 1920. The zero-order chi connectivity index (χ0) is 39.6. The molecule has 2 amide bonds. The van der Waals surface area contributed by atoms with Crippen LogP contribution in [0.3, 0.4) is 0 Å². The van der Waals surface area contributed by atoms with E-state index in [9.17, 15) is 14.9 Å². The molecule has 1 aromatic carbocycles. The van der Waals surface area contributed by atoms with Crippen molar-refractivity contribution in [2.45, 2.75) is 105 Å². The number of likely N-dealkylation sites (tertiary alicyclic amines) is 2. The lowest BCUT2D eigenvalue weighted by Crippen LogP contribution is -2.52. The van der Waals surface area contributed by atoms with Gasteiger partial charge < -0.3 is 29.7 Å². The van der Waals surface area contributed by atoms with E-state index in [2.05, 4.69) is 49.3 Å². The lowest BCUT2D eigenvalue weighted by Gasteiger charge is -2.46. The van der Waals surface area contributed by atoms with Crippen molar-refractivity contribution >= 4 is 34.4 Å². The van der Waals surface area contributed by atoms with Crippen LogP contribution in [0, 0.1) is 42.4 Å². The highest BCUT2D eigenvalue weighted by Crippen LogP contribution is 2.47. The Hall–Kier alpha value is -4.50. The van der Waals surface area contributed by atoms with Crippen molar-refractivity contribution in [3.05, 3.63) is 52.8 Å². The zero-order valence-electron chi connectivity index (χ0n) is 34.4. The third-order valence-electron chi connectivity index (χ3n) is 13.2. The van der Waals surface area contributed by atoms with Crippen molar-refractivity contribution in [2.75, 3.05) is 69.1 Å². The second kappa shape index (κ2) is 16.5. The van der Waals surface area contributed by atoms with E-state index in [1.54, 1.807) is 0 Å². The molecule has 4 fully saturated rings. The van der Waals surface area contributed by atoms with Gasteiger partial charge in [-0.15, -0.1) is 5.10 Å². The topological polar surface area (TPSA) is 131 Å². The average molecular weight is 764 g/mol. The molecule has 56 heavy (non-hydrogen) atoms. The number of hydrogen-bond donors (Lipinski definition) is 1. The number of piperazine rings is 1. The minimum absolute atomic E-state index is 0.0791. The molecule has 12 heteroatoms. The van der Waals surface area contributed by atoms with E-state index in [1.165, 1.54) is 25.7 Å². The number of piperidine rings is 2. The molecule has 0 unspecified atom stereocenters. The largest absolute Gasteiger partial charge is 0.444 e. The average Bonchev–Trinajstić information content (AvgIpc) is 3.19. The Labute approximate surface area is 333 Å². The number of amides is 2. The molecule has 5 heterocycles. The number of hydrogen-bond acceptors (Lipinski definition) is 10. The SMILES string of the molecule is Cc1c(C#N)cccc1[C@@H](C)Nc1nnc(C)c2cnc(N3CCN(C(=O)C4CCN(CC5CCC6(CC5)CCN(C(=O)OC(C)(C)C)CC6)CC4)CC3)cc12. The van der Waals surface area contributed by atoms with Crippen LogP contribution < -0.4 is 10.2 Å². The quantitative estimate of drug-likeness (QED) is 0.263. The first-order valence-electron chi connectivity index (χ1n) is 20.9. The Morgan fingerprint density at radius 2 is 1.62 bits per heavy atom. The van der Waals surface area contributed by atoms with Crippen molar-refractivity contribution in [3.63, 3.8) is 0 Å². The summed E-state index contributed by atoms with van der Waals surface area (Å²) in [7, 11) is 0. The Balaban J connectivity index is 0.867. The molecule has 3 aliphatic heterocycles. The van der Waals surface area contributed by atoms with Gasteiger partial charge in [0.15, 0.2) is 5.82 Å². The molecule has 1 atom stereocenters. The van der Waals surface area contributed by atoms with Crippen molar-refractivity contribution in [1.29, 1.82) is 5.26 Å². The van der Waals surface area contributed by atoms with Crippen molar-refractivity contribution in [3.8, 4) is 6.07 Å². The fourth-order valence-electron chi connectivity index (χ4n) is 9.57. The van der Waals surface area contributed by atoms with Crippen LogP contribution in [-0.4, -0.2) is 106 Å².